The first kappa shape index (κ1) is 15.4. The summed E-state index contributed by atoms with van der Waals surface area (Å²) in [5, 5.41) is 10.9. The van der Waals surface area contributed by atoms with Crippen molar-refractivity contribution < 1.29 is 4.79 Å². The van der Waals surface area contributed by atoms with E-state index in [9.17, 15) is 4.79 Å². The van der Waals surface area contributed by atoms with E-state index < -0.39 is 0 Å². The first-order chi connectivity index (χ1) is 12.3. The highest BCUT2D eigenvalue weighted by Crippen LogP contribution is 2.26. The number of amides is 1. The van der Waals surface area contributed by atoms with Crippen molar-refractivity contribution in [2.75, 3.05) is 16.8 Å². The third-order valence-electron chi connectivity index (χ3n) is 4.46. The number of carbonyl (C=O) groups is 1. The number of nitrogens with one attached hydrogen (secondary N) is 1. The lowest BCUT2D eigenvalue weighted by atomic mass is 10.2. The summed E-state index contributed by atoms with van der Waals surface area (Å²) >= 11 is 0. The molecule has 1 fully saturated rings. The van der Waals surface area contributed by atoms with Crippen LogP contribution in [0.1, 0.15) is 12.8 Å². The molecule has 0 saturated carbocycles. The second-order valence-corrected chi connectivity index (χ2v) is 6.04. The normalized spacial score (nSPS) is 16.8. The molecule has 1 unspecified atom stereocenters. The molecular weight excluding hydrogens is 314 g/mol. The molecule has 1 aromatic heterocycles. The van der Waals surface area contributed by atoms with Gasteiger partial charge in [0, 0.05) is 12.2 Å². The lowest BCUT2D eigenvalue weighted by Crippen LogP contribution is -2.40. The van der Waals surface area contributed by atoms with Gasteiger partial charge in [-0.05, 0) is 37.1 Å². The fourth-order valence-electron chi connectivity index (χ4n) is 3.26. The molecule has 1 saturated heterocycles. The van der Waals surface area contributed by atoms with E-state index in [4.69, 9.17) is 0 Å². The first-order valence-corrected chi connectivity index (χ1v) is 8.41. The van der Waals surface area contributed by atoms with Gasteiger partial charge in [-0.25, -0.2) is 0 Å². The van der Waals surface area contributed by atoms with E-state index in [0.717, 1.165) is 30.8 Å². The number of aromatic nitrogens is 3. The smallest absolute Gasteiger partial charge is 0.249 e. The van der Waals surface area contributed by atoms with E-state index in [0.29, 0.717) is 5.95 Å². The van der Waals surface area contributed by atoms with E-state index in [-0.39, 0.29) is 11.9 Å². The molecule has 4 rings (SSSR count). The second kappa shape index (κ2) is 6.76. The molecule has 25 heavy (non-hydrogen) atoms. The second-order valence-electron chi connectivity index (χ2n) is 6.04. The maximum absolute atomic E-state index is 12.8. The Bertz CT molecular complexity index is 847. The predicted octanol–water partition coefficient (Wildman–Crippen LogP) is 2.87. The van der Waals surface area contributed by atoms with Crippen molar-refractivity contribution in [3.05, 3.63) is 67.0 Å². The van der Waals surface area contributed by atoms with E-state index in [1.54, 1.807) is 10.9 Å². The lowest BCUT2D eigenvalue weighted by molar-refractivity contribution is -0.117. The van der Waals surface area contributed by atoms with Crippen LogP contribution in [-0.4, -0.2) is 33.3 Å². The number of anilines is 2. The van der Waals surface area contributed by atoms with Gasteiger partial charge in [0.25, 0.3) is 0 Å². The summed E-state index contributed by atoms with van der Waals surface area (Å²) in [6.07, 6.45) is 3.44. The quantitative estimate of drug-likeness (QED) is 0.797. The summed E-state index contributed by atoms with van der Waals surface area (Å²) in [5.41, 5.74) is 1.99. The molecule has 2 aromatic carbocycles. The largest absolute Gasteiger partial charge is 0.360 e. The molecular formula is C19H19N5O. The van der Waals surface area contributed by atoms with Gasteiger partial charge in [0.05, 0.1) is 5.69 Å². The highest BCUT2D eigenvalue weighted by Gasteiger charge is 2.31. The van der Waals surface area contributed by atoms with E-state index in [1.807, 2.05) is 60.7 Å². The van der Waals surface area contributed by atoms with E-state index >= 15 is 0 Å². The average Bonchev–Trinajstić information content (AvgIpc) is 3.32. The van der Waals surface area contributed by atoms with Crippen molar-refractivity contribution in [3.63, 3.8) is 0 Å². The zero-order valence-electron chi connectivity index (χ0n) is 13.7. The van der Waals surface area contributed by atoms with E-state index in [1.165, 1.54) is 0 Å². The molecule has 0 bridgehead atoms. The molecule has 2 heterocycles. The van der Waals surface area contributed by atoms with Crippen LogP contribution >= 0.6 is 0 Å². The highest BCUT2D eigenvalue weighted by atomic mass is 16.2. The Balaban J connectivity index is 1.54. The third kappa shape index (κ3) is 3.10. The van der Waals surface area contributed by atoms with E-state index in [2.05, 4.69) is 20.4 Å². The van der Waals surface area contributed by atoms with Gasteiger partial charge in [-0.2, -0.15) is 0 Å². The molecule has 126 valence electrons. The Morgan fingerprint density at radius 1 is 1.00 bits per heavy atom. The fourth-order valence-corrected chi connectivity index (χ4v) is 3.26. The Hall–Kier alpha value is -3.15. The van der Waals surface area contributed by atoms with Gasteiger partial charge >= 0.3 is 0 Å². The van der Waals surface area contributed by atoms with Gasteiger partial charge in [-0.1, -0.05) is 36.4 Å². The van der Waals surface area contributed by atoms with Gasteiger partial charge in [0.2, 0.25) is 11.9 Å². The predicted molar refractivity (Wildman–Crippen MR) is 96.8 cm³/mol. The van der Waals surface area contributed by atoms with Crippen LogP contribution < -0.4 is 10.2 Å². The maximum Gasteiger partial charge on any atom is 0.249 e. The van der Waals surface area contributed by atoms with Gasteiger partial charge in [-0.3, -0.25) is 14.7 Å². The van der Waals surface area contributed by atoms with Crippen LogP contribution in [0, 0.1) is 0 Å². The molecule has 6 heteroatoms. The number of hydrogen-bond acceptors (Lipinski definition) is 4. The maximum atomic E-state index is 12.8. The highest BCUT2D eigenvalue weighted by molar-refractivity contribution is 5.96. The van der Waals surface area contributed by atoms with Crippen molar-refractivity contribution in [2.24, 2.45) is 0 Å². The molecule has 1 atom stereocenters. The van der Waals surface area contributed by atoms with Gasteiger partial charge < -0.3 is 4.90 Å². The summed E-state index contributed by atoms with van der Waals surface area (Å²) in [6, 6.07) is 19.6. The number of hydrogen-bond donors (Lipinski definition) is 1. The zero-order valence-corrected chi connectivity index (χ0v) is 13.7. The van der Waals surface area contributed by atoms with Crippen LogP contribution in [0.15, 0.2) is 67.0 Å². The van der Waals surface area contributed by atoms with Crippen molar-refractivity contribution in [3.8, 4) is 5.69 Å². The number of para-hydroxylation sites is 2. The Morgan fingerprint density at radius 2 is 1.68 bits per heavy atom. The molecule has 0 radical (unpaired) electrons. The molecule has 6 nitrogen and oxygen atoms in total. The SMILES string of the molecule is O=C(Nc1nncn1-c1ccccc1)C1CCCN1c1ccccc1. The van der Waals surface area contributed by atoms with Gasteiger partial charge in [0.1, 0.15) is 12.4 Å². The van der Waals surface area contributed by atoms with Crippen molar-refractivity contribution in [1.29, 1.82) is 0 Å². The molecule has 3 aromatic rings. The van der Waals surface area contributed by atoms with Crippen molar-refractivity contribution >= 4 is 17.5 Å². The Labute approximate surface area is 146 Å². The molecule has 0 aliphatic carbocycles. The monoisotopic (exact) mass is 333 g/mol. The fraction of sp³-hybridized carbons (Fsp3) is 0.211. The van der Waals surface area contributed by atoms with Crippen LogP contribution in [0.25, 0.3) is 5.69 Å². The minimum absolute atomic E-state index is 0.0495. The molecule has 0 spiro atoms. The number of carbonyl (C=O) groups excluding carboxylic acids is 1. The van der Waals surface area contributed by atoms with Crippen LogP contribution in [0.2, 0.25) is 0 Å². The summed E-state index contributed by atoms with van der Waals surface area (Å²) in [7, 11) is 0. The summed E-state index contributed by atoms with van der Waals surface area (Å²) in [6.45, 7) is 0.882. The standard InChI is InChI=1S/C19H19N5O/c25-18(17-12-7-13-23(17)15-8-3-1-4-9-15)21-19-22-20-14-24(19)16-10-5-2-6-11-16/h1-6,8-11,14,17H,7,12-13H2,(H,21,22,25). The molecule has 1 amide bonds. The van der Waals surface area contributed by atoms with Crippen LogP contribution in [0.3, 0.4) is 0 Å². The van der Waals surface area contributed by atoms with Crippen LogP contribution in [0.5, 0.6) is 0 Å². The van der Waals surface area contributed by atoms with Gasteiger partial charge in [-0.15, -0.1) is 10.2 Å². The van der Waals surface area contributed by atoms with Gasteiger partial charge in [0.15, 0.2) is 0 Å². The Morgan fingerprint density at radius 3 is 2.40 bits per heavy atom. The first-order valence-electron chi connectivity index (χ1n) is 8.41. The summed E-state index contributed by atoms with van der Waals surface area (Å²) < 4.78 is 1.78. The van der Waals surface area contributed by atoms with Crippen LogP contribution in [0.4, 0.5) is 11.6 Å². The van der Waals surface area contributed by atoms with Crippen molar-refractivity contribution in [1.82, 2.24) is 14.8 Å². The molecule has 1 N–H and O–H groups in total. The Kier molecular flexibility index (Phi) is 4.16. The number of rotatable bonds is 4. The third-order valence-corrected chi connectivity index (χ3v) is 4.46. The minimum atomic E-state index is -0.191. The van der Waals surface area contributed by atoms with Crippen molar-refractivity contribution in [2.45, 2.75) is 18.9 Å². The summed E-state index contributed by atoms with van der Waals surface area (Å²) in [5.74, 6) is 0.391. The average molecular weight is 333 g/mol. The number of benzene rings is 2. The minimum Gasteiger partial charge on any atom is -0.360 e. The molecule has 1 aliphatic heterocycles. The lowest BCUT2D eigenvalue weighted by Gasteiger charge is -2.25. The van der Waals surface area contributed by atoms with Crippen LogP contribution in [-0.2, 0) is 4.79 Å². The number of nitrogens with zero attached hydrogens (tertiary/aromatic N) is 4. The topological polar surface area (TPSA) is 63.1 Å². The zero-order chi connectivity index (χ0) is 17.1. The molecule has 1 aliphatic rings. The summed E-state index contributed by atoms with van der Waals surface area (Å²) in [4.78, 5) is 15.0.